The molecule has 3 heteroatoms. The molecule has 1 aromatic carbocycles. The van der Waals surface area contributed by atoms with Gasteiger partial charge in [-0.25, -0.2) is 0 Å². The van der Waals surface area contributed by atoms with Gasteiger partial charge < -0.3 is 14.6 Å². The summed E-state index contributed by atoms with van der Waals surface area (Å²) in [6.45, 7) is 3.72. The van der Waals surface area contributed by atoms with Gasteiger partial charge >= 0.3 is 0 Å². The highest BCUT2D eigenvalue weighted by atomic mass is 16.5. The van der Waals surface area contributed by atoms with E-state index in [0.29, 0.717) is 5.75 Å². The molecule has 0 bridgehead atoms. The lowest BCUT2D eigenvalue weighted by molar-refractivity contribution is 0.127. The summed E-state index contributed by atoms with van der Waals surface area (Å²) >= 11 is 0. The van der Waals surface area contributed by atoms with Crippen LogP contribution in [0.15, 0.2) is 30.9 Å². The molecule has 96 valence electrons. The number of allylic oxidation sites excluding steroid dienone is 1. The SMILES string of the molecule is C=CC[C@H]1C=Cc2c(OC)ccc(OC)c2[C@H]1O. The third kappa shape index (κ3) is 2.02. The Kier molecular flexibility index (Phi) is 3.72. The molecule has 0 aliphatic heterocycles. The van der Waals surface area contributed by atoms with E-state index in [1.165, 1.54) is 0 Å². The van der Waals surface area contributed by atoms with Crippen LogP contribution >= 0.6 is 0 Å². The van der Waals surface area contributed by atoms with Gasteiger partial charge in [0.1, 0.15) is 11.5 Å². The summed E-state index contributed by atoms with van der Waals surface area (Å²) in [5, 5.41) is 10.4. The average molecular weight is 246 g/mol. The van der Waals surface area contributed by atoms with E-state index in [4.69, 9.17) is 9.47 Å². The number of benzene rings is 1. The Morgan fingerprint density at radius 1 is 1.28 bits per heavy atom. The zero-order chi connectivity index (χ0) is 13.1. The van der Waals surface area contributed by atoms with E-state index in [1.807, 2.05) is 30.4 Å². The zero-order valence-corrected chi connectivity index (χ0v) is 10.7. The summed E-state index contributed by atoms with van der Waals surface area (Å²) in [5.74, 6) is 1.48. The van der Waals surface area contributed by atoms with E-state index in [1.54, 1.807) is 14.2 Å². The average Bonchev–Trinajstić information content (AvgIpc) is 2.40. The minimum Gasteiger partial charge on any atom is -0.496 e. The van der Waals surface area contributed by atoms with Crippen LogP contribution in [0, 0.1) is 5.92 Å². The Hall–Kier alpha value is -1.74. The molecule has 0 amide bonds. The van der Waals surface area contributed by atoms with Crippen molar-refractivity contribution in [3.63, 3.8) is 0 Å². The van der Waals surface area contributed by atoms with Gasteiger partial charge in [0, 0.05) is 17.0 Å². The van der Waals surface area contributed by atoms with Crippen LogP contribution in [0.2, 0.25) is 0 Å². The number of aliphatic hydroxyl groups excluding tert-OH is 1. The molecule has 0 aromatic heterocycles. The van der Waals surface area contributed by atoms with Gasteiger partial charge in [0.05, 0.1) is 20.3 Å². The minimum atomic E-state index is -0.590. The molecule has 0 heterocycles. The lowest BCUT2D eigenvalue weighted by atomic mass is 9.84. The minimum absolute atomic E-state index is 0.0380. The Morgan fingerprint density at radius 2 is 1.94 bits per heavy atom. The fourth-order valence-corrected chi connectivity index (χ4v) is 2.37. The summed E-state index contributed by atoms with van der Waals surface area (Å²) in [5.41, 5.74) is 1.69. The van der Waals surface area contributed by atoms with Crippen molar-refractivity contribution in [2.75, 3.05) is 14.2 Å². The van der Waals surface area contributed by atoms with Crippen molar-refractivity contribution in [3.8, 4) is 11.5 Å². The Labute approximate surface area is 107 Å². The number of ether oxygens (including phenoxy) is 2. The Balaban J connectivity index is 2.53. The number of aliphatic hydroxyl groups is 1. The number of methoxy groups -OCH3 is 2. The highest BCUT2D eigenvalue weighted by Crippen LogP contribution is 2.43. The lowest BCUT2D eigenvalue weighted by Crippen LogP contribution is -2.16. The summed E-state index contributed by atoms with van der Waals surface area (Å²) < 4.78 is 10.7. The maximum atomic E-state index is 10.4. The molecule has 0 saturated heterocycles. The second-order valence-corrected chi connectivity index (χ2v) is 4.29. The monoisotopic (exact) mass is 246 g/mol. The molecule has 0 saturated carbocycles. The van der Waals surface area contributed by atoms with Crippen molar-refractivity contribution >= 4 is 6.08 Å². The van der Waals surface area contributed by atoms with E-state index in [2.05, 4.69) is 6.58 Å². The van der Waals surface area contributed by atoms with Crippen LogP contribution in [-0.2, 0) is 0 Å². The second kappa shape index (κ2) is 5.27. The first-order chi connectivity index (χ1) is 8.72. The van der Waals surface area contributed by atoms with Crippen molar-refractivity contribution in [1.82, 2.24) is 0 Å². The van der Waals surface area contributed by atoms with Gasteiger partial charge in [-0.2, -0.15) is 0 Å². The van der Waals surface area contributed by atoms with Crippen molar-refractivity contribution in [3.05, 3.63) is 42.0 Å². The Bertz CT molecular complexity index is 477. The van der Waals surface area contributed by atoms with Gasteiger partial charge in [-0.05, 0) is 18.6 Å². The van der Waals surface area contributed by atoms with Crippen molar-refractivity contribution < 1.29 is 14.6 Å². The van der Waals surface area contributed by atoms with Gasteiger partial charge in [0.25, 0.3) is 0 Å². The van der Waals surface area contributed by atoms with Gasteiger partial charge in [0.15, 0.2) is 0 Å². The van der Waals surface area contributed by atoms with Gasteiger partial charge in [-0.1, -0.05) is 18.2 Å². The molecule has 1 N–H and O–H groups in total. The van der Waals surface area contributed by atoms with Crippen LogP contribution in [-0.4, -0.2) is 19.3 Å². The molecule has 0 fully saturated rings. The third-order valence-corrected chi connectivity index (χ3v) is 3.30. The van der Waals surface area contributed by atoms with Crippen LogP contribution in [0.25, 0.3) is 6.08 Å². The summed E-state index contributed by atoms with van der Waals surface area (Å²) in [7, 11) is 3.23. The van der Waals surface area contributed by atoms with Crippen LogP contribution in [0.5, 0.6) is 11.5 Å². The van der Waals surface area contributed by atoms with E-state index in [9.17, 15) is 5.11 Å². The number of hydrogen-bond donors (Lipinski definition) is 1. The molecule has 1 aliphatic carbocycles. The van der Waals surface area contributed by atoms with Gasteiger partial charge in [-0.15, -0.1) is 6.58 Å². The fourth-order valence-electron chi connectivity index (χ4n) is 2.37. The molecule has 3 nitrogen and oxygen atoms in total. The normalized spacial score (nSPS) is 21.3. The van der Waals surface area contributed by atoms with Crippen molar-refractivity contribution in [2.24, 2.45) is 5.92 Å². The van der Waals surface area contributed by atoms with Crippen LogP contribution in [0.4, 0.5) is 0 Å². The first-order valence-corrected chi connectivity index (χ1v) is 5.95. The topological polar surface area (TPSA) is 38.7 Å². The number of fused-ring (bicyclic) bond motifs is 1. The van der Waals surface area contributed by atoms with Crippen molar-refractivity contribution in [1.29, 1.82) is 0 Å². The van der Waals surface area contributed by atoms with E-state index < -0.39 is 6.10 Å². The molecule has 2 atom stereocenters. The maximum absolute atomic E-state index is 10.4. The first kappa shape index (κ1) is 12.7. The fraction of sp³-hybridized carbons (Fsp3) is 0.333. The molecule has 0 spiro atoms. The molecule has 1 aromatic rings. The molecule has 0 unspecified atom stereocenters. The number of rotatable bonds is 4. The highest BCUT2D eigenvalue weighted by molar-refractivity contribution is 5.68. The summed E-state index contributed by atoms with van der Waals surface area (Å²) in [6.07, 6.45) is 5.94. The summed E-state index contributed by atoms with van der Waals surface area (Å²) in [4.78, 5) is 0. The molecular formula is C15H18O3. The largest absolute Gasteiger partial charge is 0.496 e. The predicted octanol–water partition coefficient (Wildman–Crippen LogP) is 2.96. The van der Waals surface area contributed by atoms with E-state index >= 15 is 0 Å². The van der Waals surface area contributed by atoms with Crippen LogP contribution in [0.3, 0.4) is 0 Å². The van der Waals surface area contributed by atoms with E-state index in [-0.39, 0.29) is 5.92 Å². The zero-order valence-electron chi connectivity index (χ0n) is 10.7. The maximum Gasteiger partial charge on any atom is 0.126 e. The van der Waals surface area contributed by atoms with Gasteiger partial charge in [0.2, 0.25) is 0 Å². The van der Waals surface area contributed by atoms with Crippen molar-refractivity contribution in [2.45, 2.75) is 12.5 Å². The molecule has 18 heavy (non-hydrogen) atoms. The van der Waals surface area contributed by atoms with Crippen LogP contribution < -0.4 is 9.47 Å². The molecule has 1 aliphatic rings. The first-order valence-electron chi connectivity index (χ1n) is 5.95. The third-order valence-electron chi connectivity index (χ3n) is 3.30. The van der Waals surface area contributed by atoms with Crippen LogP contribution in [0.1, 0.15) is 23.7 Å². The predicted molar refractivity (Wildman–Crippen MR) is 71.8 cm³/mol. The molecular weight excluding hydrogens is 228 g/mol. The Morgan fingerprint density at radius 3 is 2.56 bits per heavy atom. The smallest absolute Gasteiger partial charge is 0.126 e. The molecule has 2 rings (SSSR count). The quantitative estimate of drug-likeness (QED) is 0.830. The van der Waals surface area contributed by atoms with E-state index in [0.717, 1.165) is 23.3 Å². The van der Waals surface area contributed by atoms with Gasteiger partial charge in [-0.3, -0.25) is 0 Å². The second-order valence-electron chi connectivity index (χ2n) is 4.29. The lowest BCUT2D eigenvalue weighted by Gasteiger charge is -2.27. The standard InChI is InChI=1S/C15H18O3/c1-4-5-10-6-7-11-12(17-2)8-9-13(18-3)14(11)15(10)16/h4,6-10,15-16H,1,5H2,2-3H3/t10-,15-/m0/s1. The molecule has 0 radical (unpaired) electrons. The number of hydrogen-bond acceptors (Lipinski definition) is 3. The summed E-state index contributed by atoms with van der Waals surface area (Å²) in [6, 6.07) is 3.67. The highest BCUT2D eigenvalue weighted by Gasteiger charge is 2.28.